The Morgan fingerprint density at radius 3 is 2.20 bits per heavy atom. The van der Waals surface area contributed by atoms with Crippen molar-refractivity contribution in [2.45, 2.75) is 24.9 Å². The molecule has 5 nitrogen and oxygen atoms in total. The average molecular weight is 340 g/mol. The molecule has 1 fully saturated rings. The predicted molar refractivity (Wildman–Crippen MR) is 97.2 cm³/mol. The second-order valence-corrected chi connectivity index (χ2v) is 6.38. The van der Waals surface area contributed by atoms with Gasteiger partial charge in [-0.3, -0.25) is 4.79 Å². The first-order valence-corrected chi connectivity index (χ1v) is 8.49. The lowest BCUT2D eigenvalue weighted by atomic mass is 9.90. The number of hydrogen-bond acceptors (Lipinski definition) is 4. The molecule has 0 aliphatic carbocycles. The zero-order chi connectivity index (χ0) is 17.7. The Kier molecular flexibility index (Phi) is 5.36. The van der Waals surface area contributed by atoms with Crippen molar-refractivity contribution in [3.63, 3.8) is 0 Å². The molecule has 1 amide bonds. The average Bonchev–Trinajstić information content (AvgIpc) is 2.67. The van der Waals surface area contributed by atoms with Crippen LogP contribution in [0.4, 0.5) is 0 Å². The summed E-state index contributed by atoms with van der Waals surface area (Å²) >= 11 is 0. The normalized spacial score (nSPS) is 16.2. The summed E-state index contributed by atoms with van der Waals surface area (Å²) in [7, 11) is 1.66. The second kappa shape index (κ2) is 7.68. The summed E-state index contributed by atoms with van der Waals surface area (Å²) in [6.07, 6.45) is 1.13. The lowest BCUT2D eigenvalue weighted by molar-refractivity contribution is -0.129. The fourth-order valence-electron chi connectivity index (χ4n) is 2.92. The molecule has 0 radical (unpaired) electrons. The fourth-order valence-corrected chi connectivity index (χ4v) is 2.92. The highest BCUT2D eigenvalue weighted by molar-refractivity contribution is 5.86. The molecule has 1 aliphatic rings. The molecule has 1 saturated heterocycles. The van der Waals surface area contributed by atoms with Crippen LogP contribution in [0.3, 0.4) is 0 Å². The Bertz CT molecular complexity index is 705. The van der Waals surface area contributed by atoms with Gasteiger partial charge in [-0.05, 0) is 41.7 Å². The van der Waals surface area contributed by atoms with Crippen molar-refractivity contribution in [2.24, 2.45) is 5.73 Å². The summed E-state index contributed by atoms with van der Waals surface area (Å²) < 4.78 is 10.5. The second-order valence-electron chi connectivity index (χ2n) is 6.38. The molecule has 25 heavy (non-hydrogen) atoms. The first-order valence-electron chi connectivity index (χ1n) is 8.49. The van der Waals surface area contributed by atoms with Crippen LogP contribution in [-0.2, 0) is 16.1 Å². The number of methoxy groups -OCH3 is 1. The molecule has 3 N–H and O–H groups in total. The minimum atomic E-state index is -0.804. The number of benzene rings is 2. The van der Waals surface area contributed by atoms with Crippen LogP contribution in [0, 0.1) is 0 Å². The smallest absolute Gasteiger partial charge is 0.240 e. The molecular weight excluding hydrogens is 316 g/mol. The third-order valence-corrected chi connectivity index (χ3v) is 4.67. The van der Waals surface area contributed by atoms with Crippen LogP contribution in [0.5, 0.6) is 5.75 Å². The van der Waals surface area contributed by atoms with Crippen molar-refractivity contribution < 1.29 is 14.3 Å². The van der Waals surface area contributed by atoms with E-state index in [1.54, 1.807) is 7.11 Å². The van der Waals surface area contributed by atoms with Gasteiger partial charge in [-0.15, -0.1) is 0 Å². The molecule has 3 rings (SSSR count). The van der Waals surface area contributed by atoms with E-state index in [9.17, 15) is 4.79 Å². The van der Waals surface area contributed by atoms with E-state index in [2.05, 4.69) is 17.4 Å². The highest BCUT2D eigenvalue weighted by Crippen LogP contribution is 2.23. The molecule has 0 atom stereocenters. The standard InChI is InChI=1S/C20H24N2O3/c1-24-18-8-6-17(7-9-18)16-4-2-15(3-5-16)14-22-19(23)20(21)10-12-25-13-11-20/h2-9H,10-14,21H2,1H3,(H,22,23). The molecule has 132 valence electrons. The molecule has 5 heteroatoms. The van der Waals surface area contributed by atoms with Crippen LogP contribution in [0.1, 0.15) is 18.4 Å². The Morgan fingerprint density at radius 2 is 1.64 bits per heavy atom. The van der Waals surface area contributed by atoms with Crippen LogP contribution in [-0.4, -0.2) is 31.8 Å². The van der Waals surface area contributed by atoms with E-state index in [4.69, 9.17) is 15.2 Å². The fraction of sp³-hybridized carbons (Fsp3) is 0.350. The number of hydrogen-bond donors (Lipinski definition) is 2. The number of amides is 1. The molecular formula is C20H24N2O3. The van der Waals surface area contributed by atoms with Gasteiger partial charge in [0.2, 0.25) is 5.91 Å². The van der Waals surface area contributed by atoms with Crippen molar-refractivity contribution in [1.82, 2.24) is 5.32 Å². The van der Waals surface area contributed by atoms with E-state index >= 15 is 0 Å². The van der Waals surface area contributed by atoms with Gasteiger partial charge in [0.25, 0.3) is 0 Å². The molecule has 2 aromatic carbocycles. The highest BCUT2D eigenvalue weighted by Gasteiger charge is 2.35. The van der Waals surface area contributed by atoms with Crippen LogP contribution in [0.15, 0.2) is 48.5 Å². The predicted octanol–water partition coefficient (Wildman–Crippen LogP) is 2.49. The van der Waals surface area contributed by atoms with Crippen molar-refractivity contribution in [2.75, 3.05) is 20.3 Å². The number of rotatable bonds is 5. The third kappa shape index (κ3) is 4.18. The maximum Gasteiger partial charge on any atom is 0.240 e. The van der Waals surface area contributed by atoms with Crippen LogP contribution >= 0.6 is 0 Å². The lowest BCUT2D eigenvalue weighted by Crippen LogP contribution is -2.56. The number of nitrogens with two attached hydrogens (primary N) is 1. The molecule has 1 aliphatic heterocycles. The van der Waals surface area contributed by atoms with Gasteiger partial charge in [-0.25, -0.2) is 0 Å². The minimum absolute atomic E-state index is 0.102. The van der Waals surface area contributed by atoms with Crippen molar-refractivity contribution >= 4 is 5.91 Å². The Morgan fingerprint density at radius 1 is 1.08 bits per heavy atom. The van der Waals surface area contributed by atoms with Crippen LogP contribution in [0.2, 0.25) is 0 Å². The van der Waals surface area contributed by atoms with Gasteiger partial charge < -0.3 is 20.5 Å². The van der Waals surface area contributed by atoms with Crippen molar-refractivity contribution in [1.29, 1.82) is 0 Å². The van der Waals surface area contributed by atoms with Gasteiger partial charge in [-0.1, -0.05) is 36.4 Å². The zero-order valence-corrected chi connectivity index (χ0v) is 14.5. The van der Waals surface area contributed by atoms with Gasteiger partial charge in [0.1, 0.15) is 5.75 Å². The summed E-state index contributed by atoms with van der Waals surface area (Å²) in [4.78, 5) is 12.3. The SMILES string of the molecule is COc1ccc(-c2ccc(CNC(=O)C3(N)CCOCC3)cc2)cc1. The van der Waals surface area contributed by atoms with Crippen LogP contribution < -0.4 is 15.8 Å². The molecule has 2 aromatic rings. The van der Waals surface area contributed by atoms with Gasteiger partial charge >= 0.3 is 0 Å². The lowest BCUT2D eigenvalue weighted by Gasteiger charge is -2.31. The Hall–Kier alpha value is -2.37. The summed E-state index contributed by atoms with van der Waals surface area (Å²) in [5.74, 6) is 0.738. The van der Waals surface area contributed by atoms with E-state index in [0.717, 1.165) is 22.4 Å². The van der Waals surface area contributed by atoms with E-state index in [1.807, 2.05) is 36.4 Å². The van der Waals surface area contributed by atoms with E-state index in [-0.39, 0.29) is 5.91 Å². The van der Waals surface area contributed by atoms with E-state index in [1.165, 1.54) is 0 Å². The topological polar surface area (TPSA) is 73.6 Å². The van der Waals surface area contributed by atoms with E-state index in [0.29, 0.717) is 32.6 Å². The van der Waals surface area contributed by atoms with Gasteiger partial charge in [0.15, 0.2) is 0 Å². The summed E-state index contributed by atoms with van der Waals surface area (Å²) in [6.45, 7) is 1.56. The molecule has 0 bridgehead atoms. The summed E-state index contributed by atoms with van der Waals surface area (Å²) in [5.41, 5.74) is 8.67. The third-order valence-electron chi connectivity index (χ3n) is 4.67. The highest BCUT2D eigenvalue weighted by atomic mass is 16.5. The minimum Gasteiger partial charge on any atom is -0.497 e. The molecule has 0 unspecified atom stereocenters. The van der Waals surface area contributed by atoms with Crippen LogP contribution in [0.25, 0.3) is 11.1 Å². The number of carbonyl (C=O) groups is 1. The maximum atomic E-state index is 12.3. The van der Waals surface area contributed by atoms with Gasteiger partial charge in [0.05, 0.1) is 12.6 Å². The Balaban J connectivity index is 1.59. The quantitative estimate of drug-likeness (QED) is 0.877. The van der Waals surface area contributed by atoms with Crippen molar-refractivity contribution in [3.05, 3.63) is 54.1 Å². The maximum absolute atomic E-state index is 12.3. The summed E-state index contributed by atoms with van der Waals surface area (Å²) in [6, 6.07) is 16.1. The number of nitrogens with one attached hydrogen (secondary N) is 1. The zero-order valence-electron chi connectivity index (χ0n) is 14.5. The number of ether oxygens (including phenoxy) is 2. The summed E-state index contributed by atoms with van der Waals surface area (Å²) in [5, 5.41) is 2.95. The number of carbonyl (C=O) groups excluding carboxylic acids is 1. The molecule has 1 heterocycles. The monoisotopic (exact) mass is 340 g/mol. The van der Waals surface area contributed by atoms with Crippen molar-refractivity contribution in [3.8, 4) is 16.9 Å². The molecule has 0 aromatic heterocycles. The Labute approximate surface area is 148 Å². The first-order chi connectivity index (χ1) is 12.1. The molecule has 0 saturated carbocycles. The first kappa shape index (κ1) is 17.5. The van der Waals surface area contributed by atoms with E-state index < -0.39 is 5.54 Å². The van der Waals surface area contributed by atoms with Gasteiger partial charge in [-0.2, -0.15) is 0 Å². The largest absolute Gasteiger partial charge is 0.497 e. The molecule has 0 spiro atoms. The van der Waals surface area contributed by atoms with Gasteiger partial charge in [0, 0.05) is 19.8 Å².